The number of ether oxygens (including phenoxy) is 1. The monoisotopic (exact) mass is 289 g/mol. The van der Waals surface area contributed by atoms with E-state index in [9.17, 15) is 9.18 Å². The van der Waals surface area contributed by atoms with E-state index >= 15 is 0 Å². The van der Waals surface area contributed by atoms with E-state index in [1.54, 1.807) is 35.1 Å². The lowest BCUT2D eigenvalue weighted by atomic mass is 10.2. The Morgan fingerprint density at radius 3 is 2.88 bits per heavy atom. The predicted octanol–water partition coefficient (Wildman–Crippen LogP) is 2.95. The molecule has 0 aliphatic carbocycles. The van der Waals surface area contributed by atoms with Gasteiger partial charge >= 0.3 is 5.97 Å². The molecule has 1 aromatic rings. The standard InChI is InChI=1S/C11H13BrFNO2/c1-8(7-13)14(12)10-5-3-4-9(6-10)11(15)16-2/h3-6,8H,7H2,1-2H3. The topological polar surface area (TPSA) is 29.5 Å². The summed E-state index contributed by atoms with van der Waals surface area (Å²) in [7, 11) is 1.32. The maximum absolute atomic E-state index is 12.5. The van der Waals surface area contributed by atoms with Crippen LogP contribution in [0, 0.1) is 0 Å². The summed E-state index contributed by atoms with van der Waals surface area (Å²) in [6, 6.07) is 6.50. The molecule has 0 bridgehead atoms. The molecule has 0 fully saturated rings. The number of halogens is 2. The van der Waals surface area contributed by atoms with E-state index in [4.69, 9.17) is 0 Å². The van der Waals surface area contributed by atoms with E-state index < -0.39 is 12.6 Å². The normalized spacial score (nSPS) is 12.0. The molecule has 1 rings (SSSR count). The first kappa shape index (κ1) is 13.0. The van der Waals surface area contributed by atoms with Crippen LogP contribution in [0.2, 0.25) is 0 Å². The highest BCUT2D eigenvalue weighted by molar-refractivity contribution is 9.10. The zero-order valence-corrected chi connectivity index (χ0v) is 10.7. The van der Waals surface area contributed by atoms with Crippen molar-refractivity contribution in [2.24, 2.45) is 0 Å². The highest BCUT2D eigenvalue weighted by atomic mass is 79.9. The molecule has 0 saturated carbocycles. The third kappa shape index (κ3) is 2.95. The summed E-state index contributed by atoms with van der Waals surface area (Å²) in [4.78, 5) is 11.3. The molecule has 0 spiro atoms. The number of rotatable bonds is 4. The number of anilines is 1. The Morgan fingerprint density at radius 2 is 2.31 bits per heavy atom. The number of esters is 1. The number of benzene rings is 1. The first-order valence-electron chi connectivity index (χ1n) is 4.79. The van der Waals surface area contributed by atoms with Crippen LogP contribution in [-0.2, 0) is 4.74 Å². The molecule has 0 saturated heterocycles. The summed E-state index contributed by atoms with van der Waals surface area (Å²) >= 11 is 3.26. The highest BCUT2D eigenvalue weighted by Gasteiger charge is 2.13. The molecule has 0 aliphatic rings. The first-order valence-corrected chi connectivity index (χ1v) is 5.50. The van der Waals surface area contributed by atoms with Crippen molar-refractivity contribution in [2.75, 3.05) is 17.7 Å². The lowest BCUT2D eigenvalue weighted by Gasteiger charge is -2.22. The first-order chi connectivity index (χ1) is 7.60. The van der Waals surface area contributed by atoms with Gasteiger partial charge in [-0.05, 0) is 25.1 Å². The lowest BCUT2D eigenvalue weighted by Crippen LogP contribution is -2.25. The van der Waals surface area contributed by atoms with Crippen LogP contribution in [0.1, 0.15) is 17.3 Å². The fourth-order valence-electron chi connectivity index (χ4n) is 1.20. The molecule has 1 unspecified atom stereocenters. The van der Waals surface area contributed by atoms with E-state index in [0.29, 0.717) is 11.3 Å². The maximum Gasteiger partial charge on any atom is 0.337 e. The van der Waals surface area contributed by atoms with E-state index in [1.165, 1.54) is 7.11 Å². The molecule has 1 aromatic carbocycles. The van der Waals surface area contributed by atoms with Gasteiger partial charge in [-0.3, -0.25) is 0 Å². The lowest BCUT2D eigenvalue weighted by molar-refractivity contribution is 0.0601. The summed E-state index contributed by atoms with van der Waals surface area (Å²) in [5, 5.41) is 0. The largest absolute Gasteiger partial charge is 0.465 e. The smallest absolute Gasteiger partial charge is 0.337 e. The van der Waals surface area contributed by atoms with Gasteiger partial charge in [-0.15, -0.1) is 0 Å². The Labute approximate surface area is 103 Å². The van der Waals surface area contributed by atoms with E-state index in [2.05, 4.69) is 20.9 Å². The number of carbonyl (C=O) groups is 1. The summed E-state index contributed by atoms with van der Waals surface area (Å²) in [5.41, 5.74) is 1.16. The highest BCUT2D eigenvalue weighted by Crippen LogP contribution is 2.22. The van der Waals surface area contributed by atoms with Gasteiger partial charge < -0.3 is 8.66 Å². The minimum Gasteiger partial charge on any atom is -0.465 e. The third-order valence-electron chi connectivity index (χ3n) is 2.12. The van der Waals surface area contributed by atoms with Gasteiger partial charge in [0.05, 0.1) is 18.7 Å². The molecule has 3 nitrogen and oxygen atoms in total. The van der Waals surface area contributed by atoms with Gasteiger partial charge in [-0.1, -0.05) is 6.07 Å². The van der Waals surface area contributed by atoms with Gasteiger partial charge in [0, 0.05) is 21.8 Å². The van der Waals surface area contributed by atoms with Crippen LogP contribution in [-0.4, -0.2) is 25.8 Å². The number of carbonyl (C=O) groups excluding carboxylic acids is 1. The van der Waals surface area contributed by atoms with Crippen molar-refractivity contribution < 1.29 is 13.9 Å². The number of alkyl halides is 1. The fraction of sp³-hybridized carbons (Fsp3) is 0.364. The fourth-order valence-corrected chi connectivity index (χ4v) is 1.53. The zero-order valence-electron chi connectivity index (χ0n) is 9.11. The van der Waals surface area contributed by atoms with Crippen molar-refractivity contribution in [1.29, 1.82) is 0 Å². The second-order valence-corrected chi connectivity index (χ2v) is 4.12. The van der Waals surface area contributed by atoms with Crippen LogP contribution in [0.15, 0.2) is 24.3 Å². The Morgan fingerprint density at radius 1 is 1.62 bits per heavy atom. The van der Waals surface area contributed by atoms with Gasteiger partial charge in [-0.25, -0.2) is 9.18 Å². The van der Waals surface area contributed by atoms with Crippen LogP contribution < -0.4 is 3.93 Å². The van der Waals surface area contributed by atoms with Gasteiger partial charge in [-0.2, -0.15) is 0 Å². The van der Waals surface area contributed by atoms with E-state index in [1.807, 2.05) is 0 Å². The molecule has 0 amide bonds. The molecule has 0 aliphatic heterocycles. The molecule has 0 heterocycles. The quantitative estimate of drug-likeness (QED) is 0.630. The molecule has 1 atom stereocenters. The van der Waals surface area contributed by atoms with Gasteiger partial charge in [0.2, 0.25) is 0 Å². The van der Waals surface area contributed by atoms with Gasteiger partial charge in [0.1, 0.15) is 6.67 Å². The molecule has 88 valence electrons. The van der Waals surface area contributed by atoms with Crippen LogP contribution >= 0.6 is 16.1 Å². The minimum absolute atomic E-state index is 0.298. The van der Waals surface area contributed by atoms with Crippen LogP contribution in [0.25, 0.3) is 0 Å². The van der Waals surface area contributed by atoms with E-state index in [0.717, 1.165) is 0 Å². The molecular weight excluding hydrogens is 277 g/mol. The molecule has 0 N–H and O–H groups in total. The second kappa shape index (κ2) is 5.84. The van der Waals surface area contributed by atoms with E-state index in [-0.39, 0.29) is 6.04 Å². The molecular formula is C11H13BrFNO2. The summed E-state index contributed by atoms with van der Waals surface area (Å²) in [6.07, 6.45) is 0. The van der Waals surface area contributed by atoms with Crippen LogP contribution in [0.4, 0.5) is 10.1 Å². The molecule has 0 aromatic heterocycles. The summed E-state index contributed by atoms with van der Waals surface area (Å²) in [6.45, 7) is 1.26. The van der Waals surface area contributed by atoms with Gasteiger partial charge in [0.15, 0.2) is 0 Å². The predicted molar refractivity (Wildman–Crippen MR) is 64.6 cm³/mol. The molecule has 16 heavy (non-hydrogen) atoms. The number of hydrogen-bond donors (Lipinski definition) is 0. The number of methoxy groups -OCH3 is 1. The Bertz CT molecular complexity index is 373. The van der Waals surface area contributed by atoms with Crippen LogP contribution in [0.5, 0.6) is 0 Å². The third-order valence-corrected chi connectivity index (χ3v) is 3.23. The number of nitrogens with zero attached hydrogens (tertiary/aromatic N) is 1. The minimum atomic E-state index is -0.478. The summed E-state index contributed by atoms with van der Waals surface area (Å²) < 4.78 is 18.7. The SMILES string of the molecule is COC(=O)c1cccc(N(Br)C(C)CF)c1. The van der Waals surface area contributed by atoms with Crippen LogP contribution in [0.3, 0.4) is 0 Å². The Hall–Kier alpha value is -1.10. The molecule has 0 radical (unpaired) electrons. The average Bonchev–Trinajstić information content (AvgIpc) is 2.36. The second-order valence-electron chi connectivity index (χ2n) is 3.36. The van der Waals surface area contributed by atoms with Gasteiger partial charge in [0.25, 0.3) is 0 Å². The number of hydrogen-bond acceptors (Lipinski definition) is 3. The Balaban J connectivity index is 2.94. The maximum atomic E-state index is 12.5. The van der Waals surface area contributed by atoms with Crippen molar-refractivity contribution in [3.63, 3.8) is 0 Å². The van der Waals surface area contributed by atoms with Crippen molar-refractivity contribution in [3.05, 3.63) is 29.8 Å². The van der Waals surface area contributed by atoms with Crippen molar-refractivity contribution >= 4 is 27.8 Å². The Kier molecular flexibility index (Phi) is 4.73. The average molecular weight is 290 g/mol. The van der Waals surface area contributed by atoms with Crippen molar-refractivity contribution in [1.82, 2.24) is 0 Å². The van der Waals surface area contributed by atoms with Crippen molar-refractivity contribution in [2.45, 2.75) is 13.0 Å². The molecule has 5 heteroatoms. The van der Waals surface area contributed by atoms with Crippen molar-refractivity contribution in [3.8, 4) is 0 Å². The zero-order chi connectivity index (χ0) is 12.1. The summed E-state index contributed by atoms with van der Waals surface area (Å²) in [5.74, 6) is -0.407.